The molecule has 0 aliphatic carbocycles. The molecular formula is C28H25Cl2N9O2. The fourth-order valence-corrected chi connectivity index (χ4v) is 5.40. The Bertz CT molecular complexity index is 1830. The van der Waals surface area contributed by atoms with Gasteiger partial charge >= 0.3 is 0 Å². The van der Waals surface area contributed by atoms with Gasteiger partial charge in [-0.25, -0.2) is 14.6 Å². The van der Waals surface area contributed by atoms with E-state index in [1.807, 2.05) is 25.1 Å². The molecule has 6 rings (SSSR count). The van der Waals surface area contributed by atoms with Crippen LogP contribution in [0.4, 0.5) is 5.69 Å². The monoisotopic (exact) mass is 589 g/mol. The lowest BCUT2D eigenvalue weighted by Crippen LogP contribution is -2.27. The quantitative estimate of drug-likeness (QED) is 0.316. The molecule has 1 aliphatic heterocycles. The molecule has 11 nitrogen and oxygen atoms in total. The molecule has 2 bridgehead atoms. The lowest BCUT2D eigenvalue weighted by atomic mass is 9.98. The van der Waals surface area contributed by atoms with E-state index in [-0.39, 0.29) is 22.5 Å². The topological polar surface area (TPSA) is 125 Å². The van der Waals surface area contributed by atoms with Gasteiger partial charge in [0.2, 0.25) is 5.91 Å². The van der Waals surface area contributed by atoms with Crippen LogP contribution in [0.1, 0.15) is 37.9 Å². The summed E-state index contributed by atoms with van der Waals surface area (Å²) in [5.41, 5.74) is 4.04. The largest absolute Gasteiger partial charge is 0.323 e. The van der Waals surface area contributed by atoms with Gasteiger partial charge in [-0.05, 0) is 43.2 Å². The first-order valence-corrected chi connectivity index (χ1v) is 13.8. The molecule has 0 saturated heterocycles. The number of nitrogens with one attached hydrogen (secondary N) is 1. The Hall–Kier alpha value is -4.35. The highest BCUT2D eigenvalue weighted by molar-refractivity contribution is 6.31. The molecule has 0 fully saturated rings. The number of hydrogen-bond acceptors (Lipinski definition) is 7. The number of halogens is 2. The number of rotatable bonds is 3. The number of nitrogens with zero attached hydrogens (tertiary/aromatic N) is 8. The van der Waals surface area contributed by atoms with Crippen LogP contribution in [-0.4, -0.2) is 45.2 Å². The molecule has 2 atom stereocenters. The van der Waals surface area contributed by atoms with Gasteiger partial charge in [0.25, 0.3) is 5.56 Å². The molecule has 13 heteroatoms. The van der Waals surface area contributed by atoms with Crippen molar-refractivity contribution in [2.45, 2.75) is 32.2 Å². The highest BCUT2D eigenvalue weighted by Gasteiger charge is 2.24. The Labute approximate surface area is 244 Å². The second-order valence-electron chi connectivity index (χ2n) is 9.98. The van der Waals surface area contributed by atoms with Crippen molar-refractivity contribution in [1.82, 2.24) is 39.3 Å². The van der Waals surface area contributed by atoms with E-state index in [4.69, 9.17) is 28.2 Å². The van der Waals surface area contributed by atoms with Gasteiger partial charge in [0.15, 0.2) is 5.15 Å². The van der Waals surface area contributed by atoms with E-state index in [0.717, 1.165) is 0 Å². The van der Waals surface area contributed by atoms with Crippen molar-refractivity contribution in [3.05, 3.63) is 87.4 Å². The second-order valence-corrected chi connectivity index (χ2v) is 10.8. The lowest BCUT2D eigenvalue weighted by molar-refractivity contribution is -0.119. The van der Waals surface area contributed by atoms with Crippen LogP contribution in [0.25, 0.3) is 28.3 Å². The van der Waals surface area contributed by atoms with Gasteiger partial charge in [-0.1, -0.05) is 47.8 Å². The third-order valence-corrected chi connectivity index (χ3v) is 7.64. The first-order valence-electron chi connectivity index (χ1n) is 13.0. The van der Waals surface area contributed by atoms with Crippen LogP contribution in [0.5, 0.6) is 0 Å². The van der Waals surface area contributed by atoms with Gasteiger partial charge in [-0.3, -0.25) is 18.8 Å². The summed E-state index contributed by atoms with van der Waals surface area (Å²) in [6.07, 6.45) is 6.66. The summed E-state index contributed by atoms with van der Waals surface area (Å²) < 4.78 is 4.78. The minimum absolute atomic E-state index is 0.0817. The number of amides is 1. The third-order valence-electron chi connectivity index (χ3n) is 7.23. The predicted molar refractivity (Wildman–Crippen MR) is 155 cm³/mol. The van der Waals surface area contributed by atoms with Gasteiger partial charge in [-0.15, -0.1) is 5.10 Å². The average Bonchev–Trinajstić information content (AvgIpc) is 3.55. The summed E-state index contributed by atoms with van der Waals surface area (Å²) in [5, 5.41) is 15.9. The van der Waals surface area contributed by atoms with E-state index in [1.165, 1.54) is 17.1 Å². The standard InChI is InChI=1S/C28H25Cl2N9O2/c1-16-5-3-8-24(19-6-4-7-20(33-19)27-22(34-28(16)41)13-32-37(27)2)38-15-31-21(12-26(38)40)18-11-17(29)9-10-23(18)39-14-25(30)35-36-39/h4,6-7,9-16,24H,3,5,8H2,1-2H3,(H,34,41)/t16-,24+/m1/s1. The van der Waals surface area contributed by atoms with Crippen molar-refractivity contribution in [3.8, 4) is 28.3 Å². The number of anilines is 1. The van der Waals surface area contributed by atoms with E-state index < -0.39 is 6.04 Å². The zero-order valence-corrected chi connectivity index (χ0v) is 23.7. The number of carbonyl (C=O) groups excluding carboxylic acids is 1. The van der Waals surface area contributed by atoms with Crippen molar-refractivity contribution in [3.63, 3.8) is 0 Å². The smallest absolute Gasteiger partial charge is 0.254 e. The van der Waals surface area contributed by atoms with Crippen molar-refractivity contribution in [2.75, 3.05) is 5.32 Å². The summed E-state index contributed by atoms with van der Waals surface area (Å²) in [6.45, 7) is 1.90. The summed E-state index contributed by atoms with van der Waals surface area (Å²) >= 11 is 12.3. The molecule has 5 heterocycles. The van der Waals surface area contributed by atoms with Gasteiger partial charge in [0.1, 0.15) is 5.69 Å². The molecule has 0 radical (unpaired) electrons. The van der Waals surface area contributed by atoms with Gasteiger partial charge < -0.3 is 5.32 Å². The zero-order chi connectivity index (χ0) is 28.7. The van der Waals surface area contributed by atoms with Crippen molar-refractivity contribution >= 4 is 34.8 Å². The SMILES string of the molecule is C[C@@H]1CCC[C@H](n2cnc(-c3cc(Cl)ccc3-n3cc(Cl)nn3)cc2=O)c2cccc(n2)-c2c(cnn2C)NC1=O. The number of fused-ring (bicyclic) bond motifs is 4. The second kappa shape index (κ2) is 10.9. The Morgan fingerprint density at radius 2 is 1.90 bits per heavy atom. The molecular weight excluding hydrogens is 565 g/mol. The molecule has 1 aromatic carbocycles. The maximum Gasteiger partial charge on any atom is 0.254 e. The number of aromatic nitrogens is 8. The minimum Gasteiger partial charge on any atom is -0.323 e. The minimum atomic E-state index is -0.400. The van der Waals surface area contributed by atoms with Crippen LogP contribution in [0, 0.1) is 5.92 Å². The van der Waals surface area contributed by atoms with E-state index in [9.17, 15) is 9.59 Å². The first kappa shape index (κ1) is 26.9. The molecule has 208 valence electrons. The van der Waals surface area contributed by atoms with E-state index in [2.05, 4.69) is 25.7 Å². The highest BCUT2D eigenvalue weighted by Crippen LogP contribution is 2.32. The number of hydrogen-bond donors (Lipinski definition) is 1. The maximum absolute atomic E-state index is 13.7. The molecule has 1 N–H and O–H groups in total. The average molecular weight is 590 g/mol. The number of pyridine rings is 1. The Morgan fingerprint density at radius 1 is 1.05 bits per heavy atom. The molecule has 0 saturated carbocycles. The molecule has 4 aromatic heterocycles. The normalized spacial score (nSPS) is 17.3. The molecule has 1 aliphatic rings. The molecule has 0 unspecified atom stereocenters. The molecule has 5 aromatic rings. The van der Waals surface area contributed by atoms with Crippen molar-refractivity contribution in [2.24, 2.45) is 13.0 Å². The summed E-state index contributed by atoms with van der Waals surface area (Å²) in [6, 6.07) is 11.9. The van der Waals surface area contributed by atoms with Gasteiger partial charge in [0, 0.05) is 29.6 Å². The fourth-order valence-electron chi connectivity index (χ4n) is 5.10. The summed E-state index contributed by atoms with van der Waals surface area (Å²) in [5.74, 6) is -0.306. The summed E-state index contributed by atoms with van der Waals surface area (Å²) in [7, 11) is 1.80. The van der Waals surface area contributed by atoms with Crippen LogP contribution < -0.4 is 10.9 Å². The van der Waals surface area contributed by atoms with E-state index in [0.29, 0.717) is 64.0 Å². The Kier molecular flexibility index (Phi) is 7.14. The van der Waals surface area contributed by atoms with E-state index >= 15 is 0 Å². The number of benzene rings is 1. The number of aryl methyl sites for hydroxylation is 1. The predicted octanol–water partition coefficient (Wildman–Crippen LogP) is 4.94. The summed E-state index contributed by atoms with van der Waals surface area (Å²) in [4.78, 5) is 36.2. The van der Waals surface area contributed by atoms with E-state index in [1.54, 1.807) is 46.9 Å². The number of carbonyl (C=O) groups is 1. The highest BCUT2D eigenvalue weighted by atomic mass is 35.5. The fraction of sp³-hybridized carbons (Fsp3) is 0.250. The molecule has 1 amide bonds. The van der Waals surface area contributed by atoms with Gasteiger partial charge in [0.05, 0.1) is 53.2 Å². The van der Waals surface area contributed by atoms with Crippen LogP contribution in [-0.2, 0) is 11.8 Å². The zero-order valence-electron chi connectivity index (χ0n) is 22.2. The van der Waals surface area contributed by atoms with Crippen LogP contribution in [0.3, 0.4) is 0 Å². The van der Waals surface area contributed by atoms with Crippen molar-refractivity contribution < 1.29 is 4.79 Å². The van der Waals surface area contributed by atoms with Crippen molar-refractivity contribution in [1.29, 1.82) is 0 Å². The Balaban J connectivity index is 1.44. The Morgan fingerprint density at radius 3 is 2.68 bits per heavy atom. The molecule has 0 spiro atoms. The maximum atomic E-state index is 13.7. The van der Waals surface area contributed by atoms with Gasteiger partial charge in [-0.2, -0.15) is 5.10 Å². The van der Waals surface area contributed by atoms with Crippen LogP contribution >= 0.6 is 23.2 Å². The molecule has 41 heavy (non-hydrogen) atoms. The first-order chi connectivity index (χ1) is 19.8. The third kappa shape index (κ3) is 5.25. The van der Waals surface area contributed by atoms with Crippen LogP contribution in [0.2, 0.25) is 10.2 Å². The van der Waals surface area contributed by atoms with Crippen LogP contribution in [0.15, 0.2) is 66.0 Å². The lowest BCUT2D eigenvalue weighted by Gasteiger charge is -2.22.